The average molecular weight is 491 g/mol. The number of carboxylic acids is 1. The molecular weight excluding hydrogens is 469 g/mol. The summed E-state index contributed by atoms with van der Waals surface area (Å²) in [6, 6.07) is 12.1. The number of aliphatic carboxylic acids is 1. The molecule has 10 heteroatoms. The number of thiazole rings is 1. The van der Waals surface area contributed by atoms with Gasteiger partial charge in [0.1, 0.15) is 24.0 Å². The van der Waals surface area contributed by atoms with E-state index in [1.165, 1.54) is 23.5 Å². The quantitative estimate of drug-likeness (QED) is 0.416. The Hall–Kier alpha value is -3.40. The highest BCUT2D eigenvalue weighted by molar-refractivity contribution is 7.15. The zero-order valence-corrected chi connectivity index (χ0v) is 18.9. The lowest BCUT2D eigenvalue weighted by Crippen LogP contribution is -2.15. The minimum Gasteiger partial charge on any atom is -0.488 e. The maximum Gasteiger partial charge on any atom is 0.416 e. The number of aryl methyl sites for hydroxylation is 1. The van der Waals surface area contributed by atoms with E-state index in [2.05, 4.69) is 10.1 Å². The summed E-state index contributed by atoms with van der Waals surface area (Å²) >= 11 is 1.36. The first-order valence-electron chi connectivity index (χ1n) is 10.5. The summed E-state index contributed by atoms with van der Waals surface area (Å²) in [5, 5.41) is 13.9. The number of alkyl halides is 3. The van der Waals surface area contributed by atoms with Gasteiger partial charge in [-0.15, -0.1) is 11.3 Å². The van der Waals surface area contributed by atoms with Gasteiger partial charge in [0.05, 0.1) is 28.3 Å². The van der Waals surface area contributed by atoms with Crippen molar-refractivity contribution in [1.29, 1.82) is 0 Å². The van der Waals surface area contributed by atoms with E-state index in [1.807, 2.05) is 19.1 Å². The first-order chi connectivity index (χ1) is 16.2. The molecule has 0 saturated heterocycles. The van der Waals surface area contributed by atoms with Crippen LogP contribution in [0.2, 0.25) is 0 Å². The monoisotopic (exact) mass is 490 g/mol. The van der Waals surface area contributed by atoms with E-state index in [-0.39, 0.29) is 18.9 Å². The minimum absolute atomic E-state index is 0.0742. The van der Waals surface area contributed by atoms with Crippen LogP contribution in [-0.2, 0) is 22.4 Å². The summed E-state index contributed by atoms with van der Waals surface area (Å²) in [5.41, 5.74) is 2.19. The van der Waals surface area contributed by atoms with Crippen molar-refractivity contribution in [3.63, 3.8) is 0 Å². The summed E-state index contributed by atoms with van der Waals surface area (Å²) < 4.78 is 44.2. The van der Waals surface area contributed by atoms with Crippen LogP contribution in [0.4, 0.5) is 13.2 Å². The van der Waals surface area contributed by atoms with Gasteiger partial charge in [0, 0.05) is 17.9 Å². The number of oxime groups is 1. The van der Waals surface area contributed by atoms with Gasteiger partial charge in [-0.2, -0.15) is 13.2 Å². The van der Waals surface area contributed by atoms with Gasteiger partial charge >= 0.3 is 12.1 Å². The molecule has 0 unspecified atom stereocenters. The van der Waals surface area contributed by atoms with Crippen LogP contribution < -0.4 is 4.74 Å². The average Bonchev–Trinajstić information content (AvgIpc) is 3.46. The Morgan fingerprint density at radius 3 is 2.47 bits per heavy atom. The van der Waals surface area contributed by atoms with E-state index in [1.54, 1.807) is 12.1 Å². The van der Waals surface area contributed by atoms with Gasteiger partial charge in [-0.1, -0.05) is 29.4 Å². The van der Waals surface area contributed by atoms with Crippen molar-refractivity contribution in [2.75, 3.05) is 6.61 Å². The second-order valence-electron chi connectivity index (χ2n) is 7.78. The van der Waals surface area contributed by atoms with Crippen LogP contribution >= 0.6 is 11.3 Å². The van der Waals surface area contributed by atoms with E-state index in [0.717, 1.165) is 28.3 Å². The van der Waals surface area contributed by atoms with Gasteiger partial charge in [-0.3, -0.25) is 4.79 Å². The van der Waals surface area contributed by atoms with Gasteiger partial charge in [0.15, 0.2) is 0 Å². The largest absolute Gasteiger partial charge is 0.488 e. The van der Waals surface area contributed by atoms with Crippen molar-refractivity contribution in [3.05, 3.63) is 70.2 Å². The van der Waals surface area contributed by atoms with E-state index in [0.29, 0.717) is 35.1 Å². The first kappa shape index (κ1) is 23.7. The molecule has 3 aromatic rings. The molecule has 1 aliphatic heterocycles. The van der Waals surface area contributed by atoms with Gasteiger partial charge in [0.25, 0.3) is 0 Å². The summed E-state index contributed by atoms with van der Waals surface area (Å²) in [5.74, 6) is -0.667. The number of nitrogens with zero attached hydrogens (tertiary/aromatic N) is 2. The molecule has 0 radical (unpaired) electrons. The Bertz CT molecular complexity index is 1190. The fourth-order valence-corrected chi connectivity index (χ4v) is 4.58. The molecule has 1 atom stereocenters. The van der Waals surface area contributed by atoms with Crippen molar-refractivity contribution in [2.45, 2.75) is 38.5 Å². The van der Waals surface area contributed by atoms with Gasteiger partial charge in [-0.25, -0.2) is 4.98 Å². The number of hydrogen-bond donors (Lipinski definition) is 1. The number of hydrogen-bond acceptors (Lipinski definition) is 6. The van der Waals surface area contributed by atoms with Crippen LogP contribution in [0, 0.1) is 6.92 Å². The molecule has 178 valence electrons. The second kappa shape index (κ2) is 9.84. The van der Waals surface area contributed by atoms with Crippen molar-refractivity contribution in [3.8, 4) is 16.3 Å². The van der Waals surface area contributed by atoms with Gasteiger partial charge < -0.3 is 14.7 Å². The Kier molecular flexibility index (Phi) is 6.87. The molecule has 34 heavy (non-hydrogen) atoms. The van der Waals surface area contributed by atoms with E-state index < -0.39 is 17.7 Å². The highest BCUT2D eigenvalue weighted by Crippen LogP contribution is 2.33. The number of ether oxygens (including phenoxy) is 1. The Morgan fingerprint density at radius 1 is 1.18 bits per heavy atom. The molecule has 1 aromatic heterocycles. The summed E-state index contributed by atoms with van der Waals surface area (Å²) in [6.07, 6.45) is -3.85. The molecule has 0 fully saturated rings. The maximum absolute atomic E-state index is 12.8. The predicted octanol–water partition coefficient (Wildman–Crippen LogP) is 6.05. The van der Waals surface area contributed by atoms with Crippen LogP contribution in [0.5, 0.6) is 5.75 Å². The summed E-state index contributed by atoms with van der Waals surface area (Å²) in [7, 11) is 0. The molecule has 0 aliphatic carbocycles. The molecule has 0 amide bonds. The van der Waals surface area contributed by atoms with Crippen LogP contribution in [-0.4, -0.2) is 28.4 Å². The minimum atomic E-state index is -4.38. The fraction of sp³-hybridized carbons (Fsp3) is 0.292. The molecule has 1 aliphatic rings. The van der Waals surface area contributed by atoms with Crippen molar-refractivity contribution < 1.29 is 32.6 Å². The lowest BCUT2D eigenvalue weighted by Gasteiger charge is -2.15. The zero-order chi connectivity index (χ0) is 24.3. The topological polar surface area (TPSA) is 81.0 Å². The van der Waals surface area contributed by atoms with E-state index in [9.17, 15) is 23.1 Å². The summed E-state index contributed by atoms with van der Waals surface area (Å²) in [6.45, 7) is 2.53. The zero-order valence-electron chi connectivity index (χ0n) is 18.1. The van der Waals surface area contributed by atoms with Crippen molar-refractivity contribution in [1.82, 2.24) is 4.98 Å². The predicted molar refractivity (Wildman–Crippen MR) is 121 cm³/mol. The molecule has 0 bridgehead atoms. The molecule has 1 N–H and O–H groups in total. The third-order valence-electron chi connectivity index (χ3n) is 5.42. The highest BCUT2D eigenvalue weighted by atomic mass is 32.1. The number of rotatable bonds is 8. The standard InChI is InChI=1S/C24H21F3N2O4S/c1-14-21(34-23(28-14)16-2-6-17(7-3-16)24(25,26)27)13-32-18-8-4-15(5-9-18)19(12-22(30)31)20-10-11-33-29-20/h2-9,19H,10-13H2,1H3,(H,30,31)/t19-/m0/s1. The number of benzene rings is 2. The third kappa shape index (κ3) is 5.56. The molecule has 2 heterocycles. The third-order valence-corrected chi connectivity index (χ3v) is 6.60. The van der Waals surface area contributed by atoms with Gasteiger partial charge in [0.2, 0.25) is 0 Å². The van der Waals surface area contributed by atoms with Crippen LogP contribution in [0.1, 0.15) is 40.5 Å². The van der Waals surface area contributed by atoms with Crippen LogP contribution in [0.3, 0.4) is 0 Å². The van der Waals surface area contributed by atoms with Crippen molar-refractivity contribution >= 4 is 23.0 Å². The normalized spacial score (nSPS) is 14.4. The lowest BCUT2D eigenvalue weighted by molar-refractivity contribution is -0.138. The Balaban J connectivity index is 1.43. The van der Waals surface area contributed by atoms with E-state index in [4.69, 9.17) is 9.57 Å². The Morgan fingerprint density at radius 2 is 1.88 bits per heavy atom. The lowest BCUT2D eigenvalue weighted by atomic mass is 9.89. The maximum atomic E-state index is 12.8. The summed E-state index contributed by atoms with van der Waals surface area (Å²) in [4.78, 5) is 21.7. The molecule has 6 nitrogen and oxygen atoms in total. The van der Waals surface area contributed by atoms with Crippen molar-refractivity contribution in [2.24, 2.45) is 5.16 Å². The SMILES string of the molecule is Cc1nc(-c2ccc(C(F)(F)F)cc2)sc1COc1ccc([C@H](CC(=O)O)C2=NOCC2)cc1. The first-order valence-corrected chi connectivity index (χ1v) is 11.3. The van der Waals surface area contributed by atoms with E-state index >= 15 is 0 Å². The number of carbonyl (C=O) groups is 1. The van der Waals surface area contributed by atoms with Crippen LogP contribution in [0.15, 0.2) is 53.7 Å². The number of halogens is 3. The number of carboxylic acid groups (broad SMARTS) is 1. The number of aromatic nitrogens is 1. The fourth-order valence-electron chi connectivity index (χ4n) is 3.60. The smallest absolute Gasteiger partial charge is 0.416 e. The molecule has 0 saturated carbocycles. The molecule has 0 spiro atoms. The Labute approximate surface area is 197 Å². The molecule has 2 aromatic carbocycles. The van der Waals surface area contributed by atoms with Gasteiger partial charge in [-0.05, 0) is 36.8 Å². The molecule has 4 rings (SSSR count). The van der Waals surface area contributed by atoms with Crippen LogP contribution in [0.25, 0.3) is 10.6 Å². The molecular formula is C24H21F3N2O4S. The highest BCUT2D eigenvalue weighted by Gasteiger charge is 2.30. The second-order valence-corrected chi connectivity index (χ2v) is 8.86.